The van der Waals surface area contributed by atoms with Crippen LogP contribution in [0.1, 0.15) is 76.6 Å². The van der Waals surface area contributed by atoms with Crippen LogP contribution in [-0.4, -0.2) is 69.2 Å². The number of nitrogens with one attached hydrogen (secondary N) is 1. The number of hydrogen-bond donors (Lipinski definition) is 1. The average molecular weight is 540 g/mol. The molecule has 0 aliphatic carbocycles. The predicted molar refractivity (Wildman–Crippen MR) is 147 cm³/mol. The molecule has 0 atom stereocenters. The highest BCUT2D eigenvalue weighted by Gasteiger charge is 2.26. The molecule has 10 heteroatoms. The van der Waals surface area contributed by atoms with E-state index in [9.17, 15) is 18.8 Å². The van der Waals surface area contributed by atoms with Crippen LogP contribution in [0.3, 0.4) is 0 Å². The molecule has 210 valence electrons. The summed E-state index contributed by atoms with van der Waals surface area (Å²) in [7, 11) is 0. The lowest BCUT2D eigenvalue weighted by Gasteiger charge is -2.29. The summed E-state index contributed by atoms with van der Waals surface area (Å²) >= 11 is 0. The van der Waals surface area contributed by atoms with Crippen LogP contribution in [0, 0.1) is 5.82 Å². The van der Waals surface area contributed by atoms with Gasteiger partial charge < -0.3 is 19.9 Å². The smallest absolute Gasteiger partial charge is 0.410 e. The summed E-state index contributed by atoms with van der Waals surface area (Å²) in [5.74, 6) is -1.06. The van der Waals surface area contributed by atoms with Crippen LogP contribution in [0.4, 0.5) is 9.18 Å². The van der Waals surface area contributed by atoms with Crippen molar-refractivity contribution in [2.75, 3.05) is 19.6 Å². The highest BCUT2D eigenvalue weighted by atomic mass is 19.1. The molecule has 0 bridgehead atoms. The summed E-state index contributed by atoms with van der Waals surface area (Å²) in [5, 5.41) is 11.5. The van der Waals surface area contributed by atoms with E-state index in [-0.39, 0.29) is 36.1 Å². The maximum atomic E-state index is 14.4. The van der Waals surface area contributed by atoms with Gasteiger partial charge in [0.2, 0.25) is 5.91 Å². The molecule has 2 aromatic rings. The summed E-state index contributed by atoms with van der Waals surface area (Å²) in [6, 6.07) is 5.84. The van der Waals surface area contributed by atoms with Crippen LogP contribution >= 0.6 is 0 Å². The van der Waals surface area contributed by atoms with Gasteiger partial charge in [0.15, 0.2) is 0 Å². The summed E-state index contributed by atoms with van der Waals surface area (Å²) in [6.45, 7) is 13.9. The van der Waals surface area contributed by atoms with E-state index in [1.807, 2.05) is 53.7 Å². The third-order valence-corrected chi connectivity index (χ3v) is 6.29. The topological polar surface area (TPSA) is 105 Å². The Balaban J connectivity index is 2.04. The molecule has 3 rings (SSSR count). The summed E-state index contributed by atoms with van der Waals surface area (Å²) < 4.78 is 19.9. The van der Waals surface area contributed by atoms with Crippen LogP contribution in [0.15, 0.2) is 30.3 Å². The molecule has 9 nitrogen and oxygen atoms in total. The fourth-order valence-electron chi connectivity index (χ4n) is 4.37. The fraction of sp³-hybridized carbons (Fsp3) is 0.483. The van der Waals surface area contributed by atoms with Gasteiger partial charge in [-0.15, -0.1) is 0 Å². The van der Waals surface area contributed by atoms with Crippen molar-refractivity contribution in [2.45, 2.75) is 73.1 Å². The van der Waals surface area contributed by atoms with E-state index in [0.717, 1.165) is 5.57 Å². The van der Waals surface area contributed by atoms with Crippen molar-refractivity contribution < 1.29 is 23.5 Å². The van der Waals surface area contributed by atoms with Crippen LogP contribution < -0.4 is 5.32 Å². The highest BCUT2D eigenvalue weighted by molar-refractivity contribution is 6.01. The van der Waals surface area contributed by atoms with E-state index >= 15 is 0 Å². The van der Waals surface area contributed by atoms with Gasteiger partial charge >= 0.3 is 6.09 Å². The molecular formula is C29H38FN5O4. The molecule has 1 aliphatic rings. The Morgan fingerprint density at radius 3 is 2.44 bits per heavy atom. The maximum absolute atomic E-state index is 14.4. The lowest BCUT2D eigenvalue weighted by molar-refractivity contribution is -0.119. The van der Waals surface area contributed by atoms with Crippen molar-refractivity contribution >= 4 is 23.5 Å². The molecule has 0 spiro atoms. The zero-order valence-electron chi connectivity index (χ0n) is 23.8. The minimum Gasteiger partial charge on any atom is -0.444 e. The second-order valence-corrected chi connectivity index (χ2v) is 10.8. The molecular weight excluding hydrogens is 501 g/mol. The number of ether oxygens (including phenoxy) is 1. The van der Waals surface area contributed by atoms with Gasteiger partial charge in [-0.1, -0.05) is 12.1 Å². The molecule has 0 saturated carbocycles. The van der Waals surface area contributed by atoms with Crippen molar-refractivity contribution in [1.82, 2.24) is 25.3 Å². The lowest BCUT2D eigenvalue weighted by Crippen LogP contribution is -2.39. The van der Waals surface area contributed by atoms with Crippen molar-refractivity contribution in [1.29, 1.82) is 0 Å². The van der Waals surface area contributed by atoms with Crippen LogP contribution in [0.25, 0.3) is 16.7 Å². The summed E-state index contributed by atoms with van der Waals surface area (Å²) in [6.07, 6.45) is 2.06. The number of hydrogen-bond acceptors (Lipinski definition) is 6. The average Bonchev–Trinajstić information content (AvgIpc) is 2.86. The number of amides is 3. The number of benzene rings is 1. The van der Waals surface area contributed by atoms with E-state index in [4.69, 9.17) is 4.74 Å². The predicted octanol–water partition coefficient (Wildman–Crippen LogP) is 4.81. The third kappa shape index (κ3) is 7.61. The molecule has 1 aliphatic heterocycles. The molecule has 1 aromatic heterocycles. The molecule has 1 aromatic carbocycles. The van der Waals surface area contributed by atoms with Crippen molar-refractivity contribution in [3.8, 4) is 11.1 Å². The first-order chi connectivity index (χ1) is 18.3. The number of carbonyl (C=O) groups excluding carboxylic acids is 3. The van der Waals surface area contributed by atoms with Crippen LogP contribution in [0.2, 0.25) is 0 Å². The number of nitrogens with zero attached hydrogens (tertiary/aromatic N) is 4. The first-order valence-corrected chi connectivity index (χ1v) is 13.2. The fourth-order valence-corrected chi connectivity index (χ4v) is 4.37. The Morgan fingerprint density at radius 2 is 1.87 bits per heavy atom. The molecule has 0 saturated heterocycles. The van der Waals surface area contributed by atoms with E-state index < -0.39 is 11.4 Å². The van der Waals surface area contributed by atoms with E-state index in [2.05, 4.69) is 15.5 Å². The standard InChI is InChI=1S/C29H38FN5O4/c1-8-35(18(2)3)27(37)24-15-21(30)9-10-22(24)23-16-25(32-33-26(23)17-31-19(4)36)20-11-13-34(14-12-20)28(38)39-29(5,6)7/h9-11,15-16,18H,8,12-14,17H2,1-7H3,(H,31,36). The second-order valence-electron chi connectivity index (χ2n) is 10.8. The van der Waals surface area contributed by atoms with E-state index in [0.29, 0.717) is 48.6 Å². The molecule has 0 radical (unpaired) electrons. The van der Waals surface area contributed by atoms with Gasteiger partial charge in [0, 0.05) is 38.2 Å². The first-order valence-electron chi connectivity index (χ1n) is 13.2. The zero-order chi connectivity index (χ0) is 28.9. The molecule has 39 heavy (non-hydrogen) atoms. The highest BCUT2D eigenvalue weighted by Crippen LogP contribution is 2.32. The minimum absolute atomic E-state index is 0.0797. The lowest BCUT2D eigenvalue weighted by atomic mass is 9.94. The van der Waals surface area contributed by atoms with Gasteiger partial charge in [-0.3, -0.25) is 9.59 Å². The number of rotatable bonds is 7. The molecule has 0 unspecified atom stereocenters. The van der Waals surface area contributed by atoms with Gasteiger partial charge in [-0.25, -0.2) is 9.18 Å². The Morgan fingerprint density at radius 1 is 1.15 bits per heavy atom. The summed E-state index contributed by atoms with van der Waals surface area (Å²) in [5.41, 5.74) is 2.63. The quantitative estimate of drug-likeness (QED) is 0.541. The van der Waals surface area contributed by atoms with Crippen LogP contribution in [0.5, 0.6) is 0 Å². The van der Waals surface area contributed by atoms with Gasteiger partial charge in [0.1, 0.15) is 11.4 Å². The Hall–Kier alpha value is -3.82. The first kappa shape index (κ1) is 29.7. The maximum Gasteiger partial charge on any atom is 0.410 e. The minimum atomic E-state index is -0.585. The Labute approximate surface area is 229 Å². The Kier molecular flexibility index (Phi) is 9.42. The molecule has 1 N–H and O–H groups in total. The Bertz CT molecular complexity index is 1270. The van der Waals surface area contributed by atoms with Gasteiger partial charge in [0.25, 0.3) is 5.91 Å². The van der Waals surface area contributed by atoms with Gasteiger partial charge in [-0.2, -0.15) is 10.2 Å². The zero-order valence-corrected chi connectivity index (χ0v) is 23.8. The SMILES string of the molecule is CCN(C(=O)c1cc(F)ccc1-c1cc(C2=CCN(C(=O)OC(C)(C)C)CC2)nnc1CNC(C)=O)C(C)C. The van der Waals surface area contributed by atoms with Crippen molar-refractivity contribution in [3.05, 3.63) is 53.1 Å². The number of carbonyl (C=O) groups is 3. The largest absolute Gasteiger partial charge is 0.444 e. The number of halogens is 1. The van der Waals surface area contributed by atoms with E-state index in [1.54, 1.807) is 15.9 Å². The van der Waals surface area contributed by atoms with Gasteiger partial charge in [0.05, 0.1) is 23.5 Å². The van der Waals surface area contributed by atoms with Gasteiger partial charge in [-0.05, 0) is 77.3 Å². The monoisotopic (exact) mass is 539 g/mol. The van der Waals surface area contributed by atoms with Crippen molar-refractivity contribution in [3.63, 3.8) is 0 Å². The molecule has 0 fully saturated rings. The van der Waals surface area contributed by atoms with Crippen LogP contribution in [-0.2, 0) is 16.1 Å². The van der Waals surface area contributed by atoms with Crippen molar-refractivity contribution in [2.24, 2.45) is 0 Å². The second kappa shape index (κ2) is 12.4. The summed E-state index contributed by atoms with van der Waals surface area (Å²) in [4.78, 5) is 40.9. The molecule has 3 amide bonds. The molecule has 2 heterocycles. The van der Waals surface area contributed by atoms with E-state index in [1.165, 1.54) is 19.1 Å². The third-order valence-electron chi connectivity index (χ3n) is 6.29. The normalized spacial score (nSPS) is 13.7. The number of aromatic nitrogens is 2.